The highest BCUT2D eigenvalue weighted by Crippen LogP contribution is 2.70. The number of hydrogen-bond donors (Lipinski definition) is 0. The van der Waals surface area contributed by atoms with Crippen LogP contribution in [0.25, 0.3) is 0 Å². The normalized spacial score (nSPS) is 41.3. The van der Waals surface area contributed by atoms with E-state index in [4.69, 9.17) is 0 Å². The quantitative estimate of drug-likeness (QED) is 0.619. The van der Waals surface area contributed by atoms with Crippen molar-refractivity contribution < 1.29 is 9.59 Å². The van der Waals surface area contributed by atoms with Crippen molar-refractivity contribution in [3.63, 3.8) is 0 Å². The number of fused-ring (bicyclic) bond motifs is 8. The lowest BCUT2D eigenvalue weighted by molar-refractivity contribution is -0.140. The van der Waals surface area contributed by atoms with Crippen LogP contribution in [0.15, 0.2) is 18.5 Å². The highest BCUT2D eigenvalue weighted by molar-refractivity contribution is 5.89. The molecule has 3 heterocycles. The number of Topliss-reactive ketones (excluding diaryl/α,β-unsaturated/α-hetero) is 1. The van der Waals surface area contributed by atoms with Gasteiger partial charge in [-0.2, -0.15) is 0 Å². The zero-order chi connectivity index (χ0) is 22.1. The molecule has 176 valence electrons. The van der Waals surface area contributed by atoms with E-state index in [1.807, 2.05) is 18.5 Å². The fraction of sp³-hybridized carbons (Fsp3) is 0.769. The van der Waals surface area contributed by atoms with Gasteiger partial charge < -0.3 is 9.80 Å². The van der Waals surface area contributed by atoms with Crippen LogP contribution >= 0.6 is 0 Å². The molecule has 7 heteroatoms. The molecule has 4 bridgehead atoms. The average Bonchev–Trinajstić information content (AvgIpc) is 3.54. The van der Waals surface area contributed by atoms with Gasteiger partial charge in [-0.25, -0.2) is 9.97 Å². The summed E-state index contributed by atoms with van der Waals surface area (Å²) in [7, 11) is 0. The summed E-state index contributed by atoms with van der Waals surface area (Å²) >= 11 is 0. The van der Waals surface area contributed by atoms with E-state index in [2.05, 4.69) is 24.7 Å². The van der Waals surface area contributed by atoms with Gasteiger partial charge in [-0.15, -0.1) is 0 Å². The lowest BCUT2D eigenvalue weighted by Crippen LogP contribution is -2.47. The van der Waals surface area contributed by atoms with E-state index in [1.165, 1.54) is 0 Å². The van der Waals surface area contributed by atoms with Gasteiger partial charge in [0.25, 0.3) is 0 Å². The smallest absolute Gasteiger partial charge is 0.226 e. The van der Waals surface area contributed by atoms with Crippen molar-refractivity contribution in [3.05, 3.63) is 18.5 Å². The van der Waals surface area contributed by atoms with Crippen molar-refractivity contribution in [3.8, 4) is 0 Å². The van der Waals surface area contributed by atoms with Crippen LogP contribution in [0.2, 0.25) is 0 Å². The molecule has 1 aromatic rings. The number of amides is 1. The van der Waals surface area contributed by atoms with Gasteiger partial charge in [-0.3, -0.25) is 14.5 Å². The number of aromatic nitrogens is 2. The van der Waals surface area contributed by atoms with E-state index < -0.39 is 0 Å². The number of nitrogens with zero attached hydrogens (tertiary/aromatic N) is 5. The van der Waals surface area contributed by atoms with Crippen LogP contribution in [0.3, 0.4) is 0 Å². The van der Waals surface area contributed by atoms with E-state index in [1.54, 1.807) is 0 Å². The van der Waals surface area contributed by atoms with Crippen molar-refractivity contribution >= 4 is 17.6 Å². The third kappa shape index (κ3) is 3.10. The average molecular weight is 450 g/mol. The van der Waals surface area contributed by atoms with E-state index >= 15 is 0 Å². The third-order valence-corrected chi connectivity index (χ3v) is 10.2. The molecule has 33 heavy (non-hydrogen) atoms. The maximum absolute atomic E-state index is 13.4. The van der Waals surface area contributed by atoms with Gasteiger partial charge in [0.05, 0.1) is 0 Å². The van der Waals surface area contributed by atoms with Crippen LogP contribution in [0.4, 0.5) is 5.95 Å². The van der Waals surface area contributed by atoms with Crippen LogP contribution in [-0.2, 0) is 9.59 Å². The molecule has 6 fully saturated rings. The van der Waals surface area contributed by atoms with E-state index in [-0.39, 0.29) is 5.92 Å². The summed E-state index contributed by atoms with van der Waals surface area (Å²) in [5, 5.41) is 0. The van der Waals surface area contributed by atoms with Gasteiger partial charge >= 0.3 is 0 Å². The minimum atomic E-state index is 0.226. The molecule has 7 nitrogen and oxygen atoms in total. The van der Waals surface area contributed by atoms with Gasteiger partial charge in [0.1, 0.15) is 5.78 Å². The maximum atomic E-state index is 13.4. The number of piperazine rings is 1. The Kier molecular flexibility index (Phi) is 4.78. The van der Waals surface area contributed by atoms with Gasteiger partial charge in [0, 0.05) is 69.4 Å². The van der Waals surface area contributed by atoms with Crippen LogP contribution in [-0.4, -0.2) is 77.3 Å². The molecule has 1 aromatic heterocycles. The first-order valence-electron chi connectivity index (χ1n) is 13.3. The van der Waals surface area contributed by atoms with Gasteiger partial charge in [0.15, 0.2) is 0 Å². The molecule has 4 saturated carbocycles. The summed E-state index contributed by atoms with van der Waals surface area (Å²) in [6.07, 6.45) is 9.15. The number of unbranched alkanes of at least 4 members (excludes halogenated alkanes) is 1. The Morgan fingerprint density at radius 3 is 2.42 bits per heavy atom. The molecule has 6 aliphatic rings. The number of hydrogen-bond acceptors (Lipinski definition) is 6. The molecule has 8 unspecified atom stereocenters. The first-order chi connectivity index (χ1) is 16.2. The van der Waals surface area contributed by atoms with E-state index in [9.17, 15) is 9.59 Å². The second-order valence-corrected chi connectivity index (χ2v) is 11.6. The van der Waals surface area contributed by atoms with Crippen molar-refractivity contribution in [2.75, 3.05) is 50.7 Å². The Bertz CT molecular complexity index is 932. The SMILES string of the molecule is O=C1C2CC3C(C2)C2C4CC(CN(CCCCN5CCN(c6ncccn6)CC5)C4=O)C2C13. The number of carbonyl (C=O) groups excluding carboxylic acids is 2. The summed E-state index contributed by atoms with van der Waals surface area (Å²) in [5.74, 6) is 5.70. The Labute approximate surface area is 195 Å². The molecule has 2 aliphatic heterocycles. The fourth-order valence-corrected chi connectivity index (χ4v) is 9.02. The van der Waals surface area contributed by atoms with Crippen LogP contribution in [0, 0.1) is 47.3 Å². The summed E-state index contributed by atoms with van der Waals surface area (Å²) in [4.78, 5) is 42.0. The first kappa shape index (κ1) is 20.4. The third-order valence-electron chi connectivity index (χ3n) is 10.2. The number of ketones is 1. The monoisotopic (exact) mass is 449 g/mol. The van der Waals surface area contributed by atoms with Gasteiger partial charge in [0.2, 0.25) is 11.9 Å². The molecule has 0 radical (unpaired) electrons. The lowest BCUT2D eigenvalue weighted by Gasteiger charge is -2.36. The second-order valence-electron chi connectivity index (χ2n) is 11.6. The number of rotatable bonds is 6. The van der Waals surface area contributed by atoms with E-state index in [0.717, 1.165) is 83.9 Å². The van der Waals surface area contributed by atoms with Crippen molar-refractivity contribution in [2.45, 2.75) is 32.1 Å². The van der Waals surface area contributed by atoms with Crippen LogP contribution in [0.5, 0.6) is 0 Å². The Balaban J connectivity index is 0.901. The molecule has 0 N–H and O–H groups in total. The summed E-state index contributed by atoms with van der Waals surface area (Å²) in [6.45, 7) is 6.97. The summed E-state index contributed by atoms with van der Waals surface area (Å²) in [5.41, 5.74) is 0. The topological polar surface area (TPSA) is 69.6 Å². The fourth-order valence-electron chi connectivity index (χ4n) is 9.02. The Hall–Kier alpha value is -2.02. The Morgan fingerprint density at radius 1 is 0.879 bits per heavy atom. The van der Waals surface area contributed by atoms with Crippen LogP contribution < -0.4 is 4.90 Å². The standard InChI is InChI=1S/C26H35N5O2/c32-24-16-12-18-19(13-16)23(24)21-17-14-20(22(18)21)25(33)31(15-17)7-2-1-6-29-8-10-30(11-9-29)26-27-4-3-5-28-26/h3-5,16-23H,1-2,6-15H2. The molecule has 7 rings (SSSR count). The van der Waals surface area contributed by atoms with Crippen molar-refractivity contribution in [2.24, 2.45) is 47.3 Å². The van der Waals surface area contributed by atoms with E-state index in [0.29, 0.717) is 53.1 Å². The number of piperidine rings is 1. The minimum absolute atomic E-state index is 0.226. The molecule has 4 aliphatic carbocycles. The number of anilines is 1. The summed E-state index contributed by atoms with van der Waals surface area (Å²) in [6, 6.07) is 1.86. The predicted octanol–water partition coefficient (Wildman–Crippen LogP) is 1.94. The molecule has 0 aromatic carbocycles. The molecule has 0 spiro atoms. The van der Waals surface area contributed by atoms with Gasteiger partial charge in [-0.1, -0.05) is 0 Å². The zero-order valence-electron chi connectivity index (χ0n) is 19.4. The molecular formula is C26H35N5O2. The van der Waals surface area contributed by atoms with Crippen LogP contribution in [0.1, 0.15) is 32.1 Å². The second kappa shape index (κ2) is 7.76. The minimum Gasteiger partial charge on any atom is -0.342 e. The number of carbonyl (C=O) groups is 2. The summed E-state index contributed by atoms with van der Waals surface area (Å²) < 4.78 is 0. The van der Waals surface area contributed by atoms with Crippen molar-refractivity contribution in [1.82, 2.24) is 19.8 Å². The highest BCUT2D eigenvalue weighted by atomic mass is 16.2. The van der Waals surface area contributed by atoms with Crippen molar-refractivity contribution in [1.29, 1.82) is 0 Å². The molecule has 2 saturated heterocycles. The highest BCUT2D eigenvalue weighted by Gasteiger charge is 2.70. The molecule has 1 amide bonds. The largest absolute Gasteiger partial charge is 0.342 e. The first-order valence-corrected chi connectivity index (χ1v) is 13.3. The zero-order valence-corrected chi connectivity index (χ0v) is 19.4. The predicted molar refractivity (Wildman–Crippen MR) is 123 cm³/mol. The molecule has 8 atom stereocenters. The van der Waals surface area contributed by atoms with Gasteiger partial charge in [-0.05, 0) is 74.3 Å². The lowest BCUT2D eigenvalue weighted by atomic mass is 9.78. The Morgan fingerprint density at radius 2 is 1.64 bits per heavy atom. The molecular weight excluding hydrogens is 414 g/mol. The maximum Gasteiger partial charge on any atom is 0.226 e. The number of likely N-dealkylation sites (tertiary alicyclic amines) is 1.